The number of ether oxygens (including phenoxy) is 1. The Bertz CT molecular complexity index is 327. The SMILES string of the molecule is CCCC(CNC(=O)NCC1(C)CCOCC1)C(=O)O. The Morgan fingerprint density at radius 2 is 1.95 bits per heavy atom. The van der Waals surface area contributed by atoms with Crippen molar-refractivity contribution in [3.8, 4) is 0 Å². The molecule has 1 aliphatic rings. The van der Waals surface area contributed by atoms with Crippen molar-refractivity contribution in [2.75, 3.05) is 26.3 Å². The Balaban J connectivity index is 2.27. The Kier molecular flexibility index (Phi) is 6.78. The fourth-order valence-corrected chi connectivity index (χ4v) is 2.27. The molecule has 20 heavy (non-hydrogen) atoms. The Hall–Kier alpha value is -1.30. The highest BCUT2D eigenvalue weighted by Crippen LogP contribution is 2.28. The van der Waals surface area contributed by atoms with Gasteiger partial charge in [0.15, 0.2) is 0 Å². The molecule has 0 saturated carbocycles. The Morgan fingerprint density at radius 3 is 2.50 bits per heavy atom. The number of hydrogen-bond acceptors (Lipinski definition) is 3. The van der Waals surface area contributed by atoms with Gasteiger partial charge in [-0.25, -0.2) is 4.79 Å². The zero-order valence-electron chi connectivity index (χ0n) is 12.4. The highest BCUT2D eigenvalue weighted by Gasteiger charge is 2.27. The van der Waals surface area contributed by atoms with Crippen molar-refractivity contribution in [2.45, 2.75) is 39.5 Å². The van der Waals surface area contributed by atoms with Gasteiger partial charge in [0.2, 0.25) is 0 Å². The van der Waals surface area contributed by atoms with Crippen LogP contribution in [0.25, 0.3) is 0 Å². The molecule has 0 bridgehead atoms. The molecule has 0 spiro atoms. The number of carboxylic acid groups (broad SMARTS) is 1. The first-order valence-corrected chi connectivity index (χ1v) is 7.29. The molecule has 0 aromatic rings. The molecule has 1 atom stereocenters. The number of nitrogens with one attached hydrogen (secondary N) is 2. The summed E-state index contributed by atoms with van der Waals surface area (Å²) in [5.74, 6) is -1.37. The normalized spacial score (nSPS) is 19.1. The summed E-state index contributed by atoms with van der Waals surface area (Å²) >= 11 is 0. The van der Waals surface area contributed by atoms with Gasteiger partial charge in [0, 0.05) is 26.3 Å². The monoisotopic (exact) mass is 286 g/mol. The minimum absolute atomic E-state index is 0.0746. The molecule has 0 radical (unpaired) electrons. The van der Waals surface area contributed by atoms with Gasteiger partial charge in [-0.1, -0.05) is 20.3 Å². The molecule has 1 heterocycles. The van der Waals surface area contributed by atoms with Crippen LogP contribution in [0, 0.1) is 11.3 Å². The van der Waals surface area contributed by atoms with Crippen molar-refractivity contribution in [3.63, 3.8) is 0 Å². The molecule has 6 heteroatoms. The lowest BCUT2D eigenvalue weighted by atomic mass is 9.82. The summed E-state index contributed by atoms with van der Waals surface area (Å²) in [6.45, 7) is 6.30. The van der Waals surface area contributed by atoms with E-state index >= 15 is 0 Å². The molecule has 0 aromatic carbocycles. The molecule has 3 N–H and O–H groups in total. The molecule has 1 aliphatic heterocycles. The van der Waals surface area contributed by atoms with E-state index in [1.165, 1.54) is 0 Å². The van der Waals surface area contributed by atoms with Gasteiger partial charge in [0.25, 0.3) is 0 Å². The van der Waals surface area contributed by atoms with E-state index in [0.29, 0.717) is 13.0 Å². The minimum atomic E-state index is -0.858. The van der Waals surface area contributed by atoms with E-state index in [9.17, 15) is 9.59 Å². The van der Waals surface area contributed by atoms with Crippen molar-refractivity contribution < 1.29 is 19.4 Å². The van der Waals surface area contributed by atoms with Gasteiger partial charge in [-0.3, -0.25) is 4.79 Å². The van der Waals surface area contributed by atoms with E-state index in [2.05, 4.69) is 17.6 Å². The zero-order chi connectivity index (χ0) is 15.0. The third-order valence-electron chi connectivity index (χ3n) is 3.87. The molecular weight excluding hydrogens is 260 g/mol. The van der Waals surface area contributed by atoms with Crippen LogP contribution in [0.5, 0.6) is 0 Å². The zero-order valence-corrected chi connectivity index (χ0v) is 12.4. The average Bonchev–Trinajstić information content (AvgIpc) is 2.42. The summed E-state index contributed by atoms with van der Waals surface area (Å²) in [7, 11) is 0. The molecule has 0 aliphatic carbocycles. The van der Waals surface area contributed by atoms with Crippen LogP contribution in [0.1, 0.15) is 39.5 Å². The van der Waals surface area contributed by atoms with Crippen molar-refractivity contribution >= 4 is 12.0 Å². The van der Waals surface area contributed by atoms with Crippen LogP contribution in [0.3, 0.4) is 0 Å². The van der Waals surface area contributed by atoms with Crippen LogP contribution >= 0.6 is 0 Å². The molecule has 1 rings (SSSR count). The van der Waals surface area contributed by atoms with E-state index in [1.807, 2.05) is 6.92 Å². The Morgan fingerprint density at radius 1 is 1.30 bits per heavy atom. The molecule has 1 saturated heterocycles. The van der Waals surface area contributed by atoms with Gasteiger partial charge in [-0.15, -0.1) is 0 Å². The predicted molar refractivity (Wildman–Crippen MR) is 75.6 cm³/mol. The summed E-state index contributed by atoms with van der Waals surface area (Å²) in [6.07, 6.45) is 3.23. The highest BCUT2D eigenvalue weighted by molar-refractivity contribution is 5.75. The van der Waals surface area contributed by atoms with Crippen LogP contribution in [-0.2, 0) is 9.53 Å². The summed E-state index contributed by atoms with van der Waals surface area (Å²) in [5, 5.41) is 14.5. The number of amides is 2. The largest absolute Gasteiger partial charge is 0.481 e. The summed E-state index contributed by atoms with van der Waals surface area (Å²) < 4.78 is 5.31. The molecule has 0 aromatic heterocycles. The minimum Gasteiger partial charge on any atom is -0.481 e. The van der Waals surface area contributed by atoms with E-state index in [1.54, 1.807) is 0 Å². The van der Waals surface area contributed by atoms with E-state index in [0.717, 1.165) is 32.5 Å². The van der Waals surface area contributed by atoms with E-state index in [4.69, 9.17) is 9.84 Å². The maximum absolute atomic E-state index is 11.7. The van der Waals surface area contributed by atoms with Gasteiger partial charge in [-0.05, 0) is 24.7 Å². The van der Waals surface area contributed by atoms with E-state index in [-0.39, 0.29) is 18.0 Å². The fraction of sp³-hybridized carbons (Fsp3) is 0.857. The second-order valence-electron chi connectivity index (χ2n) is 5.81. The lowest BCUT2D eigenvalue weighted by Crippen LogP contribution is -2.45. The molecule has 1 unspecified atom stereocenters. The topological polar surface area (TPSA) is 87.7 Å². The quantitative estimate of drug-likeness (QED) is 0.663. The third-order valence-corrected chi connectivity index (χ3v) is 3.87. The predicted octanol–water partition coefficient (Wildman–Crippen LogP) is 1.60. The van der Waals surface area contributed by atoms with Crippen molar-refractivity contribution in [1.29, 1.82) is 0 Å². The molecule has 1 fully saturated rings. The number of carbonyl (C=O) groups is 2. The van der Waals surface area contributed by atoms with Crippen molar-refractivity contribution in [1.82, 2.24) is 10.6 Å². The second kappa shape index (κ2) is 8.09. The lowest BCUT2D eigenvalue weighted by Gasteiger charge is -2.33. The molecule has 116 valence electrons. The smallest absolute Gasteiger partial charge is 0.314 e. The van der Waals surface area contributed by atoms with Gasteiger partial charge >= 0.3 is 12.0 Å². The van der Waals surface area contributed by atoms with Gasteiger partial charge < -0.3 is 20.5 Å². The van der Waals surface area contributed by atoms with Crippen molar-refractivity contribution in [3.05, 3.63) is 0 Å². The average molecular weight is 286 g/mol. The van der Waals surface area contributed by atoms with Gasteiger partial charge in [0.05, 0.1) is 5.92 Å². The second-order valence-corrected chi connectivity index (χ2v) is 5.81. The third kappa shape index (κ3) is 5.77. The van der Waals surface area contributed by atoms with Crippen LogP contribution in [0.4, 0.5) is 4.79 Å². The number of carbonyl (C=O) groups excluding carboxylic acids is 1. The van der Waals surface area contributed by atoms with Crippen LogP contribution < -0.4 is 10.6 Å². The van der Waals surface area contributed by atoms with Gasteiger partial charge in [0.1, 0.15) is 0 Å². The van der Waals surface area contributed by atoms with Crippen molar-refractivity contribution in [2.24, 2.45) is 11.3 Å². The van der Waals surface area contributed by atoms with Crippen LogP contribution in [0.2, 0.25) is 0 Å². The summed E-state index contributed by atoms with van der Waals surface area (Å²) in [6, 6.07) is -0.292. The number of hydrogen-bond donors (Lipinski definition) is 3. The maximum atomic E-state index is 11.7. The first-order valence-electron chi connectivity index (χ1n) is 7.29. The molecule has 2 amide bonds. The Labute approximate surface area is 120 Å². The van der Waals surface area contributed by atoms with Gasteiger partial charge in [-0.2, -0.15) is 0 Å². The maximum Gasteiger partial charge on any atom is 0.314 e. The number of aliphatic carboxylic acids is 1. The number of urea groups is 1. The van der Waals surface area contributed by atoms with Crippen LogP contribution in [-0.4, -0.2) is 43.4 Å². The van der Waals surface area contributed by atoms with E-state index < -0.39 is 11.9 Å². The number of rotatable bonds is 7. The highest BCUT2D eigenvalue weighted by atomic mass is 16.5. The summed E-state index contributed by atoms with van der Waals surface area (Å²) in [4.78, 5) is 22.7. The molecule has 6 nitrogen and oxygen atoms in total. The fourth-order valence-electron chi connectivity index (χ4n) is 2.27. The lowest BCUT2D eigenvalue weighted by molar-refractivity contribution is -0.141. The van der Waals surface area contributed by atoms with Crippen LogP contribution in [0.15, 0.2) is 0 Å². The standard InChI is InChI=1S/C14H26N2O4/c1-3-4-11(12(17)18)9-15-13(19)16-10-14(2)5-7-20-8-6-14/h11H,3-10H2,1-2H3,(H,17,18)(H2,15,16,19). The molecular formula is C14H26N2O4. The summed E-state index contributed by atoms with van der Waals surface area (Å²) in [5.41, 5.74) is 0.0746. The first-order chi connectivity index (χ1) is 9.47. The first kappa shape index (κ1) is 16.8. The number of carboxylic acids is 1.